The average Bonchev–Trinajstić information content (AvgIpc) is 3.08. The molecule has 11 heteroatoms. The highest BCUT2D eigenvalue weighted by Crippen LogP contribution is 2.48. The zero-order valence-corrected chi connectivity index (χ0v) is 22.9. The minimum absolute atomic E-state index is 0.0156. The normalized spacial score (nSPS) is 17.3. The Balaban J connectivity index is 1.73. The number of phenols is 1. The molecule has 1 aromatic heterocycles. The number of halogens is 2. The Kier molecular flexibility index (Phi) is 7.39. The van der Waals surface area contributed by atoms with E-state index in [0.717, 1.165) is 0 Å². The molecular formula is C29H30ClFN6O3. The Morgan fingerprint density at radius 2 is 2.05 bits per heavy atom. The number of aryl methyl sites for hydroxylation is 1. The summed E-state index contributed by atoms with van der Waals surface area (Å²) in [5, 5.41) is 36.8. The molecule has 208 valence electrons. The number of hydrogen-bond acceptors (Lipinski definition) is 7. The number of aromatic hydroxyl groups is 1. The molecule has 2 aliphatic rings. The highest BCUT2D eigenvalue weighted by atomic mass is 35.5. The van der Waals surface area contributed by atoms with Crippen LogP contribution in [0.4, 0.5) is 21.5 Å². The molecule has 0 saturated carbocycles. The predicted molar refractivity (Wildman–Crippen MR) is 154 cm³/mol. The third-order valence-electron chi connectivity index (χ3n) is 7.39. The molecule has 0 radical (unpaired) electrons. The Bertz CT molecular complexity index is 1530. The van der Waals surface area contributed by atoms with Crippen molar-refractivity contribution in [2.45, 2.75) is 26.0 Å². The van der Waals surface area contributed by atoms with E-state index < -0.39 is 11.9 Å². The van der Waals surface area contributed by atoms with Gasteiger partial charge in [0, 0.05) is 43.5 Å². The van der Waals surface area contributed by atoms with E-state index in [-0.39, 0.29) is 50.9 Å². The number of piperazine rings is 1. The SMILES string of the molecule is C=CC(=O)N1CCN2C(=N)c3c(Nc4c(C)ccnc4C(C)O)c(F)c(-c4ccccc4O)c(Cl)c3NCC2C1. The van der Waals surface area contributed by atoms with E-state index in [0.29, 0.717) is 48.8 Å². The Morgan fingerprint density at radius 1 is 1.30 bits per heavy atom. The summed E-state index contributed by atoms with van der Waals surface area (Å²) in [6.07, 6.45) is 1.88. The van der Waals surface area contributed by atoms with Gasteiger partial charge < -0.3 is 30.6 Å². The quantitative estimate of drug-likeness (QED) is 0.282. The number of aromatic nitrogens is 1. The summed E-state index contributed by atoms with van der Waals surface area (Å²) < 4.78 is 16.7. The highest BCUT2D eigenvalue weighted by molar-refractivity contribution is 6.38. The maximum Gasteiger partial charge on any atom is 0.246 e. The maximum atomic E-state index is 16.7. The predicted octanol–water partition coefficient (Wildman–Crippen LogP) is 4.80. The number of anilines is 3. The summed E-state index contributed by atoms with van der Waals surface area (Å²) >= 11 is 6.88. The number of carbonyl (C=O) groups is 1. The van der Waals surface area contributed by atoms with Gasteiger partial charge in [-0.1, -0.05) is 36.4 Å². The molecule has 1 fully saturated rings. The minimum Gasteiger partial charge on any atom is -0.507 e. The number of benzene rings is 2. The van der Waals surface area contributed by atoms with Gasteiger partial charge in [0.25, 0.3) is 0 Å². The summed E-state index contributed by atoms with van der Waals surface area (Å²) in [6.45, 7) is 8.35. The first-order valence-corrected chi connectivity index (χ1v) is 13.3. The van der Waals surface area contributed by atoms with Crippen LogP contribution >= 0.6 is 11.6 Å². The molecule has 1 amide bonds. The lowest BCUT2D eigenvalue weighted by Crippen LogP contribution is -2.57. The fourth-order valence-corrected chi connectivity index (χ4v) is 5.68. The second-order valence-electron chi connectivity index (χ2n) is 9.90. The number of amides is 1. The highest BCUT2D eigenvalue weighted by Gasteiger charge is 2.38. The summed E-state index contributed by atoms with van der Waals surface area (Å²) in [5.74, 6) is -1.09. The molecule has 0 spiro atoms. The fourth-order valence-electron chi connectivity index (χ4n) is 5.33. The van der Waals surface area contributed by atoms with Crippen LogP contribution in [0.2, 0.25) is 5.02 Å². The van der Waals surface area contributed by atoms with E-state index in [1.54, 1.807) is 42.3 Å². The number of para-hydroxylation sites is 1. The zero-order chi connectivity index (χ0) is 28.7. The molecule has 5 N–H and O–H groups in total. The monoisotopic (exact) mass is 564 g/mol. The van der Waals surface area contributed by atoms with E-state index in [2.05, 4.69) is 22.2 Å². The fraction of sp³-hybridized carbons (Fsp3) is 0.276. The number of pyridine rings is 1. The number of carbonyl (C=O) groups excluding carboxylic acids is 1. The van der Waals surface area contributed by atoms with E-state index in [1.807, 2.05) is 11.8 Å². The standard InChI is InChI=1S/C29H30ClFN6O3/c1-4-20(40)36-11-12-37-17(14-36)13-34-27-22(29(37)32)28(35-25-15(2)9-10-33-26(25)16(3)38)24(31)21(23(27)30)18-7-5-6-8-19(18)39/h4-10,16-17,32,34-35,38-39H,1,11-14H2,2-3H3. The molecule has 0 aliphatic carbocycles. The zero-order valence-electron chi connectivity index (χ0n) is 22.1. The molecule has 3 aromatic rings. The van der Waals surface area contributed by atoms with Gasteiger partial charge in [-0.3, -0.25) is 15.2 Å². The molecule has 2 atom stereocenters. The van der Waals surface area contributed by atoms with E-state index in [9.17, 15) is 20.4 Å². The first kappa shape index (κ1) is 27.4. The molecule has 2 aliphatic heterocycles. The number of amidine groups is 1. The molecule has 5 rings (SSSR count). The lowest BCUT2D eigenvalue weighted by molar-refractivity contribution is -0.128. The number of aliphatic hydroxyl groups is 1. The van der Waals surface area contributed by atoms with Crippen molar-refractivity contribution in [3.8, 4) is 16.9 Å². The smallest absolute Gasteiger partial charge is 0.246 e. The van der Waals surface area contributed by atoms with Crippen molar-refractivity contribution in [3.05, 3.63) is 76.8 Å². The number of hydrogen-bond donors (Lipinski definition) is 5. The largest absolute Gasteiger partial charge is 0.507 e. The van der Waals surface area contributed by atoms with Crippen molar-refractivity contribution in [1.29, 1.82) is 5.41 Å². The summed E-state index contributed by atoms with van der Waals surface area (Å²) in [5.41, 5.74) is 2.06. The molecule has 40 heavy (non-hydrogen) atoms. The van der Waals surface area contributed by atoms with Crippen LogP contribution in [0.25, 0.3) is 11.1 Å². The van der Waals surface area contributed by atoms with Crippen LogP contribution in [0.3, 0.4) is 0 Å². The lowest BCUT2D eigenvalue weighted by atomic mass is 9.96. The van der Waals surface area contributed by atoms with Crippen molar-refractivity contribution in [2.75, 3.05) is 36.8 Å². The number of aliphatic hydroxyl groups excluding tert-OH is 1. The Labute approximate surface area is 236 Å². The van der Waals surface area contributed by atoms with E-state index >= 15 is 4.39 Å². The summed E-state index contributed by atoms with van der Waals surface area (Å²) in [6, 6.07) is 7.76. The first-order chi connectivity index (χ1) is 19.1. The third-order valence-corrected chi connectivity index (χ3v) is 7.77. The molecule has 3 heterocycles. The van der Waals surface area contributed by atoms with Crippen LogP contribution in [0, 0.1) is 18.2 Å². The summed E-state index contributed by atoms with van der Waals surface area (Å²) in [4.78, 5) is 20.1. The van der Waals surface area contributed by atoms with Gasteiger partial charge in [-0.2, -0.15) is 0 Å². The first-order valence-electron chi connectivity index (χ1n) is 12.9. The second-order valence-corrected chi connectivity index (χ2v) is 10.3. The van der Waals surface area contributed by atoms with Crippen LogP contribution < -0.4 is 10.6 Å². The van der Waals surface area contributed by atoms with Crippen LogP contribution in [0.5, 0.6) is 5.75 Å². The molecule has 9 nitrogen and oxygen atoms in total. The second kappa shape index (κ2) is 10.8. The lowest BCUT2D eigenvalue weighted by Gasteiger charge is -2.41. The average molecular weight is 565 g/mol. The van der Waals surface area contributed by atoms with Crippen LogP contribution in [-0.2, 0) is 4.79 Å². The molecule has 2 aromatic carbocycles. The van der Waals surface area contributed by atoms with Crippen molar-refractivity contribution in [1.82, 2.24) is 14.8 Å². The van der Waals surface area contributed by atoms with Gasteiger partial charge in [0.2, 0.25) is 5.91 Å². The summed E-state index contributed by atoms with van der Waals surface area (Å²) in [7, 11) is 0. The van der Waals surface area contributed by atoms with E-state index in [1.165, 1.54) is 12.1 Å². The number of fused-ring (bicyclic) bond motifs is 2. The number of nitrogens with one attached hydrogen (secondary N) is 3. The van der Waals surface area contributed by atoms with Gasteiger partial charge >= 0.3 is 0 Å². The number of nitrogens with zero attached hydrogens (tertiary/aromatic N) is 3. The number of phenolic OH excluding ortho intramolecular Hbond substituents is 1. The molecule has 1 saturated heterocycles. The maximum absolute atomic E-state index is 16.7. The topological polar surface area (TPSA) is 125 Å². The Morgan fingerprint density at radius 3 is 2.75 bits per heavy atom. The van der Waals surface area contributed by atoms with Gasteiger partial charge in [-0.15, -0.1) is 0 Å². The van der Waals surface area contributed by atoms with Gasteiger partial charge in [0.15, 0.2) is 5.82 Å². The van der Waals surface area contributed by atoms with Crippen molar-refractivity contribution >= 4 is 40.4 Å². The Hall–Kier alpha value is -4.15. The molecular weight excluding hydrogens is 535 g/mol. The van der Waals surface area contributed by atoms with Gasteiger partial charge in [0.1, 0.15) is 11.6 Å². The third kappa shape index (κ3) is 4.63. The van der Waals surface area contributed by atoms with Gasteiger partial charge in [-0.25, -0.2) is 4.39 Å². The van der Waals surface area contributed by atoms with Gasteiger partial charge in [-0.05, 0) is 37.6 Å². The molecule has 2 unspecified atom stereocenters. The van der Waals surface area contributed by atoms with Crippen molar-refractivity contribution < 1.29 is 19.4 Å². The van der Waals surface area contributed by atoms with Crippen LogP contribution in [0.1, 0.15) is 29.8 Å². The molecule has 0 bridgehead atoms. The minimum atomic E-state index is -0.952. The van der Waals surface area contributed by atoms with Crippen molar-refractivity contribution in [3.63, 3.8) is 0 Å². The van der Waals surface area contributed by atoms with Gasteiger partial charge in [0.05, 0.1) is 45.5 Å². The van der Waals surface area contributed by atoms with Crippen LogP contribution in [-0.4, -0.2) is 69.0 Å². The van der Waals surface area contributed by atoms with E-state index in [4.69, 9.17) is 11.6 Å². The number of rotatable bonds is 5. The van der Waals surface area contributed by atoms with Crippen LogP contribution in [0.15, 0.2) is 49.2 Å². The van der Waals surface area contributed by atoms with Crippen molar-refractivity contribution in [2.24, 2.45) is 0 Å².